The first-order chi connectivity index (χ1) is 8.13. The molecule has 1 heterocycles. The standard InChI is InChI=1S/C15H29NO/c1-3-15(2)8-10-16(11-9-15)12-14(17)13-6-4-5-7-13/h13-14,17H,3-12H2,1-2H3. The van der Waals surface area contributed by atoms with Gasteiger partial charge in [0.2, 0.25) is 0 Å². The first-order valence-electron chi connectivity index (χ1n) is 7.53. The normalized spacial score (nSPS) is 28.4. The quantitative estimate of drug-likeness (QED) is 0.815. The van der Waals surface area contributed by atoms with Crippen LogP contribution < -0.4 is 0 Å². The summed E-state index contributed by atoms with van der Waals surface area (Å²) < 4.78 is 0. The fourth-order valence-electron chi connectivity index (χ4n) is 3.38. The molecule has 0 aromatic heterocycles. The molecule has 1 saturated carbocycles. The summed E-state index contributed by atoms with van der Waals surface area (Å²) in [6, 6.07) is 0. The molecule has 0 aromatic carbocycles. The molecule has 2 nitrogen and oxygen atoms in total. The number of hydrogen-bond acceptors (Lipinski definition) is 2. The lowest BCUT2D eigenvalue weighted by atomic mass is 9.78. The maximum absolute atomic E-state index is 10.2. The van der Waals surface area contributed by atoms with E-state index < -0.39 is 0 Å². The van der Waals surface area contributed by atoms with Crippen molar-refractivity contribution in [1.29, 1.82) is 0 Å². The average molecular weight is 239 g/mol. The van der Waals surface area contributed by atoms with Crippen LogP contribution in [0.15, 0.2) is 0 Å². The van der Waals surface area contributed by atoms with Gasteiger partial charge in [0.25, 0.3) is 0 Å². The summed E-state index contributed by atoms with van der Waals surface area (Å²) in [6.45, 7) is 8.02. The Hall–Kier alpha value is -0.0800. The molecular weight excluding hydrogens is 210 g/mol. The van der Waals surface area contributed by atoms with Crippen LogP contribution in [0.4, 0.5) is 0 Å². The zero-order chi connectivity index (χ0) is 12.3. The van der Waals surface area contributed by atoms with Crippen LogP contribution in [-0.4, -0.2) is 35.7 Å². The van der Waals surface area contributed by atoms with E-state index in [4.69, 9.17) is 0 Å². The number of hydrogen-bond donors (Lipinski definition) is 1. The van der Waals surface area contributed by atoms with Crippen molar-refractivity contribution in [2.24, 2.45) is 11.3 Å². The third-order valence-electron chi connectivity index (χ3n) is 5.31. The Balaban J connectivity index is 1.73. The third kappa shape index (κ3) is 3.45. The fourth-order valence-corrected chi connectivity index (χ4v) is 3.38. The van der Waals surface area contributed by atoms with Gasteiger partial charge in [-0.25, -0.2) is 0 Å². The smallest absolute Gasteiger partial charge is 0.0695 e. The molecule has 0 aromatic rings. The Morgan fingerprint density at radius 3 is 2.35 bits per heavy atom. The summed E-state index contributed by atoms with van der Waals surface area (Å²) in [5.74, 6) is 0.592. The number of aliphatic hydroxyl groups excluding tert-OH is 1. The summed E-state index contributed by atoms with van der Waals surface area (Å²) in [7, 11) is 0. The molecule has 1 aliphatic carbocycles. The van der Waals surface area contributed by atoms with Crippen LogP contribution >= 0.6 is 0 Å². The zero-order valence-corrected chi connectivity index (χ0v) is 11.6. The molecule has 2 heteroatoms. The third-order valence-corrected chi connectivity index (χ3v) is 5.31. The van der Waals surface area contributed by atoms with E-state index in [9.17, 15) is 5.11 Å². The molecule has 2 rings (SSSR count). The van der Waals surface area contributed by atoms with Crippen molar-refractivity contribution in [3.63, 3.8) is 0 Å². The Morgan fingerprint density at radius 1 is 1.24 bits per heavy atom. The van der Waals surface area contributed by atoms with Gasteiger partial charge in [0.1, 0.15) is 0 Å². The number of β-amino-alcohol motifs (C(OH)–C–C–N with tert-alkyl or cyclic N) is 1. The lowest BCUT2D eigenvalue weighted by Gasteiger charge is -2.40. The van der Waals surface area contributed by atoms with Crippen molar-refractivity contribution >= 4 is 0 Å². The molecular formula is C15H29NO. The van der Waals surface area contributed by atoms with Gasteiger partial charge in [-0.15, -0.1) is 0 Å². The van der Waals surface area contributed by atoms with E-state index in [1.165, 1.54) is 58.0 Å². The maximum Gasteiger partial charge on any atom is 0.0695 e. The van der Waals surface area contributed by atoms with Crippen LogP contribution in [0.3, 0.4) is 0 Å². The molecule has 0 amide bonds. The SMILES string of the molecule is CCC1(C)CCN(CC(O)C2CCCC2)CC1. The van der Waals surface area contributed by atoms with Gasteiger partial charge in [-0.05, 0) is 50.1 Å². The van der Waals surface area contributed by atoms with E-state index in [0.29, 0.717) is 11.3 Å². The Kier molecular flexibility index (Phi) is 4.48. The second-order valence-corrected chi connectivity index (χ2v) is 6.58. The highest BCUT2D eigenvalue weighted by atomic mass is 16.3. The van der Waals surface area contributed by atoms with Crippen LogP contribution in [0.1, 0.15) is 58.8 Å². The van der Waals surface area contributed by atoms with Crippen LogP contribution in [0.5, 0.6) is 0 Å². The number of piperidine rings is 1. The largest absolute Gasteiger partial charge is 0.392 e. The van der Waals surface area contributed by atoms with E-state index in [1.807, 2.05) is 0 Å². The molecule has 0 radical (unpaired) electrons. The molecule has 1 saturated heterocycles. The molecule has 1 N–H and O–H groups in total. The van der Waals surface area contributed by atoms with Crippen LogP contribution in [-0.2, 0) is 0 Å². The molecule has 2 aliphatic rings. The molecule has 2 fully saturated rings. The Bertz CT molecular complexity index is 227. The minimum atomic E-state index is -0.0662. The van der Waals surface area contributed by atoms with Gasteiger partial charge in [-0.2, -0.15) is 0 Å². The maximum atomic E-state index is 10.2. The fraction of sp³-hybridized carbons (Fsp3) is 1.00. The van der Waals surface area contributed by atoms with E-state index in [2.05, 4.69) is 18.7 Å². The number of rotatable bonds is 4. The summed E-state index contributed by atoms with van der Waals surface area (Å²) in [4.78, 5) is 2.49. The monoisotopic (exact) mass is 239 g/mol. The minimum Gasteiger partial charge on any atom is -0.392 e. The predicted molar refractivity (Wildman–Crippen MR) is 72.0 cm³/mol. The van der Waals surface area contributed by atoms with E-state index in [0.717, 1.165) is 6.54 Å². The second-order valence-electron chi connectivity index (χ2n) is 6.58. The van der Waals surface area contributed by atoms with E-state index in [1.54, 1.807) is 0 Å². The summed E-state index contributed by atoms with van der Waals surface area (Å²) in [5, 5.41) is 10.2. The van der Waals surface area contributed by atoms with Gasteiger partial charge in [0.15, 0.2) is 0 Å². The van der Waals surface area contributed by atoms with Crippen molar-refractivity contribution in [3.05, 3.63) is 0 Å². The van der Waals surface area contributed by atoms with Gasteiger partial charge in [-0.1, -0.05) is 33.1 Å². The van der Waals surface area contributed by atoms with E-state index >= 15 is 0 Å². The van der Waals surface area contributed by atoms with Crippen molar-refractivity contribution in [1.82, 2.24) is 4.90 Å². The predicted octanol–water partition coefficient (Wildman–Crippen LogP) is 3.05. The molecule has 17 heavy (non-hydrogen) atoms. The highest BCUT2D eigenvalue weighted by molar-refractivity contribution is 4.84. The van der Waals surface area contributed by atoms with Crippen LogP contribution in [0.25, 0.3) is 0 Å². The van der Waals surface area contributed by atoms with Crippen molar-refractivity contribution < 1.29 is 5.11 Å². The van der Waals surface area contributed by atoms with Gasteiger partial charge in [0.05, 0.1) is 6.10 Å². The molecule has 1 unspecified atom stereocenters. The number of aliphatic hydroxyl groups is 1. The highest BCUT2D eigenvalue weighted by Crippen LogP contribution is 2.34. The second kappa shape index (κ2) is 5.71. The van der Waals surface area contributed by atoms with Crippen molar-refractivity contribution in [2.45, 2.75) is 64.9 Å². The molecule has 1 atom stereocenters. The summed E-state index contributed by atoms with van der Waals surface area (Å²) in [5.41, 5.74) is 0.564. The van der Waals surface area contributed by atoms with Gasteiger partial charge >= 0.3 is 0 Å². The van der Waals surface area contributed by atoms with Crippen LogP contribution in [0.2, 0.25) is 0 Å². The van der Waals surface area contributed by atoms with Gasteiger partial charge in [0, 0.05) is 6.54 Å². The molecule has 0 bridgehead atoms. The van der Waals surface area contributed by atoms with Crippen molar-refractivity contribution in [2.75, 3.05) is 19.6 Å². The summed E-state index contributed by atoms with van der Waals surface area (Å²) >= 11 is 0. The number of likely N-dealkylation sites (tertiary alicyclic amines) is 1. The topological polar surface area (TPSA) is 23.5 Å². The van der Waals surface area contributed by atoms with Gasteiger partial charge < -0.3 is 10.0 Å². The first-order valence-corrected chi connectivity index (χ1v) is 7.53. The Labute approximate surface area is 106 Å². The summed E-state index contributed by atoms with van der Waals surface area (Å²) in [6.07, 6.45) is 9.01. The van der Waals surface area contributed by atoms with Crippen LogP contribution in [0, 0.1) is 11.3 Å². The lowest BCUT2D eigenvalue weighted by molar-refractivity contribution is 0.0359. The van der Waals surface area contributed by atoms with E-state index in [-0.39, 0.29) is 6.10 Å². The molecule has 0 spiro atoms. The molecule has 1 aliphatic heterocycles. The van der Waals surface area contributed by atoms with Crippen molar-refractivity contribution in [3.8, 4) is 0 Å². The first kappa shape index (κ1) is 13.4. The number of nitrogens with zero attached hydrogens (tertiary/aromatic N) is 1. The van der Waals surface area contributed by atoms with Gasteiger partial charge in [-0.3, -0.25) is 0 Å². The Morgan fingerprint density at radius 2 is 1.82 bits per heavy atom. The average Bonchev–Trinajstić information content (AvgIpc) is 2.86. The minimum absolute atomic E-state index is 0.0662. The lowest BCUT2D eigenvalue weighted by Crippen LogP contribution is -2.43. The molecule has 100 valence electrons. The zero-order valence-electron chi connectivity index (χ0n) is 11.6. The highest BCUT2D eigenvalue weighted by Gasteiger charge is 2.30.